The van der Waals surface area contributed by atoms with Crippen LogP contribution in [0.4, 0.5) is 13.2 Å². The molecule has 0 saturated heterocycles. The first-order chi connectivity index (χ1) is 12.3. The van der Waals surface area contributed by atoms with E-state index in [-0.39, 0.29) is 12.2 Å². The largest absolute Gasteiger partial charge is 0.439 e. The fourth-order valence-electron chi connectivity index (χ4n) is 3.53. The standard InChI is InChI=1S/C18H21F3N2O2S/c19-18(20,21)17(25)14-9-5-2-6-10-15(14)22-23(17)16(24)12-26-11-13-7-3-1-4-8-13/h1,3-4,7-8,14,25H,2,5-6,9-12H2/t14-,17+/m1/s1. The van der Waals surface area contributed by atoms with Gasteiger partial charge in [0.1, 0.15) is 0 Å². The molecule has 142 valence electrons. The summed E-state index contributed by atoms with van der Waals surface area (Å²) in [6, 6.07) is 9.36. The van der Waals surface area contributed by atoms with Gasteiger partial charge in [-0.1, -0.05) is 43.2 Å². The number of rotatable bonds is 4. The summed E-state index contributed by atoms with van der Waals surface area (Å²) in [6.45, 7) is 0. The number of amides is 1. The molecule has 1 aromatic carbocycles. The number of hydrazone groups is 1. The van der Waals surface area contributed by atoms with Crippen molar-refractivity contribution in [3.8, 4) is 0 Å². The van der Waals surface area contributed by atoms with Gasteiger partial charge in [0.25, 0.3) is 11.6 Å². The molecule has 4 nitrogen and oxygen atoms in total. The van der Waals surface area contributed by atoms with Crippen LogP contribution in [0.2, 0.25) is 0 Å². The van der Waals surface area contributed by atoms with Gasteiger partial charge in [-0.05, 0) is 24.8 Å². The maximum absolute atomic E-state index is 13.7. The van der Waals surface area contributed by atoms with Crippen LogP contribution < -0.4 is 0 Å². The molecule has 1 heterocycles. The molecule has 1 aliphatic carbocycles. The number of thioether (sulfide) groups is 1. The Kier molecular flexibility index (Phi) is 5.62. The lowest BCUT2D eigenvalue weighted by molar-refractivity contribution is -0.316. The first-order valence-electron chi connectivity index (χ1n) is 8.65. The van der Waals surface area contributed by atoms with E-state index < -0.39 is 23.7 Å². The predicted octanol–water partition coefficient (Wildman–Crippen LogP) is 3.95. The monoisotopic (exact) mass is 386 g/mol. The highest BCUT2D eigenvalue weighted by Crippen LogP contribution is 2.47. The Hall–Kier alpha value is -1.54. The lowest BCUT2D eigenvalue weighted by atomic mass is 9.87. The molecule has 0 spiro atoms. The summed E-state index contributed by atoms with van der Waals surface area (Å²) in [4.78, 5) is 12.5. The average Bonchev–Trinajstić information content (AvgIpc) is 2.75. The first-order valence-corrected chi connectivity index (χ1v) is 9.80. The molecule has 0 unspecified atom stereocenters. The molecule has 3 rings (SSSR count). The van der Waals surface area contributed by atoms with Crippen LogP contribution in [0.25, 0.3) is 0 Å². The van der Waals surface area contributed by atoms with E-state index in [1.165, 1.54) is 11.8 Å². The molecular weight excluding hydrogens is 365 g/mol. The minimum atomic E-state index is -4.95. The Labute approximate surface area is 154 Å². The molecular formula is C18H21F3N2O2S. The van der Waals surface area contributed by atoms with Gasteiger partial charge >= 0.3 is 6.18 Å². The average molecular weight is 386 g/mol. The zero-order chi connectivity index (χ0) is 18.8. The Morgan fingerprint density at radius 1 is 1.27 bits per heavy atom. The van der Waals surface area contributed by atoms with Gasteiger partial charge in [-0.3, -0.25) is 4.79 Å². The summed E-state index contributed by atoms with van der Waals surface area (Å²) in [6.07, 6.45) is -2.24. The molecule has 2 aliphatic rings. The highest BCUT2D eigenvalue weighted by molar-refractivity contribution is 7.99. The number of alkyl halides is 3. The normalized spacial score (nSPS) is 26.2. The van der Waals surface area contributed by atoms with Crippen molar-refractivity contribution in [2.75, 3.05) is 5.75 Å². The SMILES string of the molecule is O=C(CSCc1ccccc1)N1N=C2CCCCC[C@H]2[C@]1(O)C(F)(F)F. The fraction of sp³-hybridized carbons (Fsp3) is 0.556. The molecule has 1 N–H and O–H groups in total. The number of hydrogen-bond donors (Lipinski definition) is 1. The second kappa shape index (κ2) is 7.60. The van der Waals surface area contributed by atoms with Gasteiger partial charge in [0.05, 0.1) is 11.7 Å². The van der Waals surface area contributed by atoms with E-state index in [2.05, 4.69) is 5.10 Å². The third-order valence-corrected chi connectivity index (χ3v) is 5.84. The topological polar surface area (TPSA) is 52.9 Å². The van der Waals surface area contributed by atoms with Crippen LogP contribution in [0, 0.1) is 5.92 Å². The van der Waals surface area contributed by atoms with E-state index in [4.69, 9.17) is 0 Å². The summed E-state index contributed by atoms with van der Waals surface area (Å²) in [5, 5.41) is 14.8. The van der Waals surface area contributed by atoms with Crippen LogP contribution in [-0.4, -0.2) is 39.4 Å². The van der Waals surface area contributed by atoms with E-state index in [1.54, 1.807) is 0 Å². The fourth-order valence-corrected chi connectivity index (χ4v) is 4.36. The van der Waals surface area contributed by atoms with E-state index in [0.29, 0.717) is 29.3 Å². The van der Waals surface area contributed by atoms with Gasteiger partial charge in [0.15, 0.2) is 0 Å². The van der Waals surface area contributed by atoms with Crippen LogP contribution in [0.15, 0.2) is 35.4 Å². The lowest BCUT2D eigenvalue weighted by Crippen LogP contribution is -2.61. The third kappa shape index (κ3) is 3.62. The Morgan fingerprint density at radius 3 is 2.69 bits per heavy atom. The van der Waals surface area contributed by atoms with Crippen molar-refractivity contribution >= 4 is 23.4 Å². The molecule has 2 atom stereocenters. The molecule has 1 saturated carbocycles. The van der Waals surface area contributed by atoms with Gasteiger partial charge < -0.3 is 5.11 Å². The summed E-state index contributed by atoms with van der Waals surface area (Å²) >= 11 is 1.21. The molecule has 8 heteroatoms. The number of carbonyl (C=O) groups is 1. The number of halogens is 3. The zero-order valence-electron chi connectivity index (χ0n) is 14.2. The van der Waals surface area contributed by atoms with Gasteiger partial charge in [-0.2, -0.15) is 23.3 Å². The number of benzene rings is 1. The van der Waals surface area contributed by atoms with Gasteiger partial charge in [0.2, 0.25) is 0 Å². The molecule has 1 fully saturated rings. The molecule has 0 bridgehead atoms. The minimum absolute atomic E-state index is 0.170. The van der Waals surface area contributed by atoms with E-state index in [0.717, 1.165) is 18.4 Å². The Bertz CT molecular complexity index is 681. The second-order valence-electron chi connectivity index (χ2n) is 6.65. The highest BCUT2D eigenvalue weighted by atomic mass is 32.2. The van der Waals surface area contributed by atoms with E-state index in [1.807, 2.05) is 30.3 Å². The lowest BCUT2D eigenvalue weighted by Gasteiger charge is -2.37. The second-order valence-corrected chi connectivity index (χ2v) is 7.64. The smallest absolute Gasteiger partial charge is 0.362 e. The zero-order valence-corrected chi connectivity index (χ0v) is 15.0. The number of hydrogen-bond acceptors (Lipinski definition) is 4. The first kappa shape index (κ1) is 19.2. The van der Waals surface area contributed by atoms with Crippen molar-refractivity contribution in [2.24, 2.45) is 11.0 Å². The summed E-state index contributed by atoms with van der Waals surface area (Å²) in [7, 11) is 0. The third-order valence-electron chi connectivity index (χ3n) is 4.86. The van der Waals surface area contributed by atoms with Gasteiger partial charge in [-0.15, -0.1) is 11.8 Å². The summed E-state index contributed by atoms with van der Waals surface area (Å²) in [5.41, 5.74) is -1.95. The highest BCUT2D eigenvalue weighted by Gasteiger charge is 2.68. The van der Waals surface area contributed by atoms with Crippen molar-refractivity contribution < 1.29 is 23.1 Å². The van der Waals surface area contributed by atoms with Crippen molar-refractivity contribution in [3.63, 3.8) is 0 Å². The Balaban J connectivity index is 1.74. The van der Waals surface area contributed by atoms with Crippen LogP contribution in [0.1, 0.15) is 37.7 Å². The molecule has 0 radical (unpaired) electrons. The molecule has 1 aliphatic heterocycles. The van der Waals surface area contributed by atoms with Crippen LogP contribution in [-0.2, 0) is 10.5 Å². The van der Waals surface area contributed by atoms with Gasteiger partial charge in [-0.25, -0.2) is 0 Å². The maximum atomic E-state index is 13.7. The number of fused-ring (bicyclic) bond motifs is 1. The number of aliphatic hydroxyl groups is 1. The minimum Gasteiger partial charge on any atom is -0.362 e. The van der Waals surface area contributed by atoms with Crippen molar-refractivity contribution in [3.05, 3.63) is 35.9 Å². The molecule has 1 aromatic rings. The van der Waals surface area contributed by atoms with Crippen molar-refractivity contribution in [1.29, 1.82) is 0 Å². The van der Waals surface area contributed by atoms with Crippen LogP contribution in [0.5, 0.6) is 0 Å². The van der Waals surface area contributed by atoms with E-state index >= 15 is 0 Å². The number of carbonyl (C=O) groups excluding carboxylic acids is 1. The maximum Gasteiger partial charge on any atom is 0.439 e. The Morgan fingerprint density at radius 2 is 2.00 bits per heavy atom. The number of nitrogens with zero attached hydrogens (tertiary/aromatic N) is 2. The van der Waals surface area contributed by atoms with E-state index in [9.17, 15) is 23.1 Å². The van der Waals surface area contributed by atoms with Crippen LogP contribution >= 0.6 is 11.8 Å². The van der Waals surface area contributed by atoms with Crippen molar-refractivity contribution in [2.45, 2.75) is 49.8 Å². The quantitative estimate of drug-likeness (QED) is 0.853. The molecule has 0 aromatic heterocycles. The van der Waals surface area contributed by atoms with Crippen LogP contribution in [0.3, 0.4) is 0 Å². The molecule has 1 amide bonds. The predicted molar refractivity (Wildman–Crippen MR) is 94.5 cm³/mol. The van der Waals surface area contributed by atoms with Crippen molar-refractivity contribution in [1.82, 2.24) is 5.01 Å². The summed E-state index contributed by atoms with van der Waals surface area (Å²) < 4.78 is 41.2. The van der Waals surface area contributed by atoms with Gasteiger partial charge in [0, 0.05) is 11.5 Å². The summed E-state index contributed by atoms with van der Waals surface area (Å²) in [5.74, 6) is -1.64. The molecule has 26 heavy (non-hydrogen) atoms.